The average molecular weight is 303 g/mol. The summed E-state index contributed by atoms with van der Waals surface area (Å²) in [7, 11) is 0. The van der Waals surface area contributed by atoms with Crippen molar-refractivity contribution in [2.45, 2.75) is 20.3 Å². The molecule has 4 N–H and O–H groups in total. The van der Waals surface area contributed by atoms with Crippen molar-refractivity contribution in [2.24, 2.45) is 0 Å². The van der Waals surface area contributed by atoms with E-state index in [1.54, 1.807) is 0 Å². The van der Waals surface area contributed by atoms with Gasteiger partial charge in [0.1, 0.15) is 23.3 Å². The van der Waals surface area contributed by atoms with Gasteiger partial charge in [-0.3, -0.25) is 5.32 Å². The quantitative estimate of drug-likeness (QED) is 0.900. The van der Waals surface area contributed by atoms with E-state index in [2.05, 4.69) is 10.3 Å². The van der Waals surface area contributed by atoms with Gasteiger partial charge >= 0.3 is 0 Å². The van der Waals surface area contributed by atoms with Crippen molar-refractivity contribution in [1.82, 2.24) is 0 Å². The lowest BCUT2D eigenvalue weighted by molar-refractivity contribution is -0.343. The van der Waals surface area contributed by atoms with Crippen molar-refractivity contribution in [2.75, 3.05) is 11.1 Å². The average Bonchev–Trinajstić information content (AvgIpc) is 2.47. The van der Waals surface area contributed by atoms with E-state index in [0.29, 0.717) is 11.4 Å². The van der Waals surface area contributed by atoms with E-state index in [1.165, 1.54) is 0 Å². The molecule has 0 saturated carbocycles. The Balaban J connectivity index is 2.61. The van der Waals surface area contributed by atoms with Crippen LogP contribution in [0.5, 0.6) is 0 Å². The van der Waals surface area contributed by atoms with Gasteiger partial charge in [-0.2, -0.15) is 15.8 Å². The van der Waals surface area contributed by atoms with Gasteiger partial charge < -0.3 is 5.73 Å². The minimum absolute atomic E-state index is 0.0633. The Morgan fingerprint density at radius 3 is 2.17 bits per heavy atom. The van der Waals surface area contributed by atoms with Gasteiger partial charge in [-0.15, -0.1) is 0 Å². The van der Waals surface area contributed by atoms with Crippen molar-refractivity contribution in [3.8, 4) is 18.2 Å². The van der Waals surface area contributed by atoms with Crippen LogP contribution in [0.25, 0.3) is 0 Å². The molecule has 6 nitrogen and oxygen atoms in total. The zero-order chi connectivity index (χ0) is 17.0. The Bertz CT molecular complexity index is 873. The SMILES string of the molecule is Cc1cc(C)cc(Nc2[nH+]c(N)c(C#N)c(CC#N)c2C#N)c1. The van der Waals surface area contributed by atoms with Crippen molar-refractivity contribution in [3.05, 3.63) is 46.0 Å². The smallest absolute Gasteiger partial charge is 0.242 e. The van der Waals surface area contributed by atoms with E-state index in [0.717, 1.165) is 16.8 Å². The van der Waals surface area contributed by atoms with Crippen LogP contribution in [0.1, 0.15) is 27.8 Å². The largest absolute Gasteiger partial charge is 0.318 e. The van der Waals surface area contributed by atoms with Gasteiger partial charge in [-0.1, -0.05) is 6.07 Å². The second-order valence-electron chi connectivity index (χ2n) is 5.20. The molecule has 0 aliphatic rings. The number of aryl methyl sites for hydroxylation is 2. The summed E-state index contributed by atoms with van der Waals surface area (Å²) in [6.45, 7) is 3.95. The highest BCUT2D eigenvalue weighted by Crippen LogP contribution is 2.25. The molecule has 0 atom stereocenters. The molecule has 0 radical (unpaired) electrons. The molecule has 0 amide bonds. The predicted molar refractivity (Wildman–Crippen MR) is 85.4 cm³/mol. The van der Waals surface area contributed by atoms with Gasteiger partial charge in [0.25, 0.3) is 0 Å². The van der Waals surface area contributed by atoms with Crippen LogP contribution in [-0.4, -0.2) is 0 Å². The lowest BCUT2D eigenvalue weighted by atomic mass is 10.0. The summed E-state index contributed by atoms with van der Waals surface area (Å²) in [4.78, 5) is 2.84. The summed E-state index contributed by atoms with van der Waals surface area (Å²) in [5, 5.41) is 30.7. The number of nitrogens with zero attached hydrogens (tertiary/aromatic N) is 3. The molecule has 0 saturated heterocycles. The number of H-pyrrole nitrogens is 1. The van der Waals surface area contributed by atoms with E-state index >= 15 is 0 Å². The molecular weight excluding hydrogens is 288 g/mol. The first-order valence-corrected chi connectivity index (χ1v) is 6.90. The Hall–Kier alpha value is -3.56. The topological polar surface area (TPSA) is 124 Å². The molecular formula is C17H15N6+. The highest BCUT2D eigenvalue weighted by Gasteiger charge is 2.22. The molecule has 2 rings (SSSR count). The first-order valence-electron chi connectivity index (χ1n) is 6.90. The molecule has 0 aliphatic heterocycles. The Morgan fingerprint density at radius 2 is 1.65 bits per heavy atom. The van der Waals surface area contributed by atoms with Gasteiger partial charge in [0.2, 0.25) is 11.6 Å². The molecule has 1 aromatic carbocycles. The highest BCUT2D eigenvalue weighted by molar-refractivity contribution is 5.68. The number of nitriles is 3. The summed E-state index contributed by atoms with van der Waals surface area (Å²) < 4.78 is 0. The van der Waals surface area contributed by atoms with E-state index in [1.807, 2.05) is 50.3 Å². The van der Waals surface area contributed by atoms with Crippen LogP contribution in [-0.2, 0) is 6.42 Å². The number of hydrogen-bond acceptors (Lipinski definition) is 5. The third kappa shape index (κ3) is 3.20. The van der Waals surface area contributed by atoms with Gasteiger partial charge in [-0.25, -0.2) is 4.98 Å². The first-order chi connectivity index (χ1) is 11.0. The van der Waals surface area contributed by atoms with Gasteiger partial charge in [-0.05, 0) is 37.1 Å². The van der Waals surface area contributed by atoms with E-state index in [9.17, 15) is 10.5 Å². The monoisotopic (exact) mass is 303 g/mol. The van der Waals surface area contributed by atoms with Crippen LogP contribution in [0.2, 0.25) is 0 Å². The summed E-state index contributed by atoms with van der Waals surface area (Å²) in [6, 6.07) is 11.9. The van der Waals surface area contributed by atoms with Crippen molar-refractivity contribution in [1.29, 1.82) is 15.8 Å². The summed E-state index contributed by atoms with van der Waals surface area (Å²) in [5.41, 5.74) is 9.49. The van der Waals surface area contributed by atoms with E-state index in [-0.39, 0.29) is 23.4 Å². The number of pyridine rings is 1. The Labute approximate surface area is 134 Å². The van der Waals surface area contributed by atoms with Crippen LogP contribution in [0.15, 0.2) is 18.2 Å². The van der Waals surface area contributed by atoms with Crippen molar-refractivity contribution in [3.63, 3.8) is 0 Å². The summed E-state index contributed by atoms with van der Waals surface area (Å²) >= 11 is 0. The molecule has 6 heteroatoms. The summed E-state index contributed by atoms with van der Waals surface area (Å²) in [5.74, 6) is 0.503. The van der Waals surface area contributed by atoms with Crippen LogP contribution in [0.4, 0.5) is 17.3 Å². The number of hydrogen-bond donors (Lipinski definition) is 2. The molecule has 0 fully saturated rings. The molecule has 1 aromatic heterocycles. The fraction of sp³-hybridized carbons (Fsp3) is 0.176. The number of aromatic amines is 1. The number of nitrogens with two attached hydrogens (primary N) is 1. The van der Waals surface area contributed by atoms with Crippen LogP contribution in [0, 0.1) is 47.8 Å². The van der Waals surface area contributed by atoms with Gasteiger partial charge in [0.15, 0.2) is 0 Å². The Morgan fingerprint density at radius 1 is 1.04 bits per heavy atom. The number of rotatable bonds is 3. The summed E-state index contributed by atoms with van der Waals surface area (Å²) in [6.07, 6.45) is -0.0633. The first kappa shape index (κ1) is 15.8. The molecule has 0 bridgehead atoms. The number of benzene rings is 1. The predicted octanol–water partition coefficient (Wildman–Crippen LogP) is 2.25. The van der Waals surface area contributed by atoms with E-state index < -0.39 is 0 Å². The third-order valence-electron chi connectivity index (χ3n) is 3.35. The lowest BCUT2D eigenvalue weighted by Crippen LogP contribution is -2.21. The molecule has 0 spiro atoms. The minimum atomic E-state index is -0.0633. The standard InChI is InChI=1S/C17H14N6/c1-10-5-11(2)7-12(6-10)22-17-15(9-20)13(3-4-18)14(8-19)16(21)23-17/h5-7H,3H2,1-2H3,(H3,21,22,23)/p+1. The maximum absolute atomic E-state index is 9.45. The fourth-order valence-corrected chi connectivity index (χ4v) is 2.49. The Kier molecular flexibility index (Phi) is 4.45. The number of nitrogens with one attached hydrogen (secondary N) is 2. The van der Waals surface area contributed by atoms with Gasteiger partial charge in [0.05, 0.1) is 18.2 Å². The number of aromatic nitrogens is 1. The second kappa shape index (κ2) is 6.47. The van der Waals surface area contributed by atoms with Crippen LogP contribution < -0.4 is 16.0 Å². The molecule has 1 heterocycles. The minimum Gasteiger partial charge on any atom is -0.318 e. The lowest BCUT2D eigenvalue weighted by Gasteiger charge is -2.09. The van der Waals surface area contributed by atoms with Crippen molar-refractivity contribution >= 4 is 17.3 Å². The number of anilines is 3. The molecule has 0 unspecified atom stereocenters. The van der Waals surface area contributed by atoms with Gasteiger partial charge in [0, 0.05) is 5.56 Å². The molecule has 0 aliphatic carbocycles. The molecule has 23 heavy (non-hydrogen) atoms. The maximum Gasteiger partial charge on any atom is 0.242 e. The zero-order valence-corrected chi connectivity index (χ0v) is 12.9. The normalized spacial score (nSPS) is 9.52. The highest BCUT2D eigenvalue weighted by atomic mass is 15.0. The van der Waals surface area contributed by atoms with Crippen LogP contribution in [0.3, 0.4) is 0 Å². The van der Waals surface area contributed by atoms with Crippen molar-refractivity contribution < 1.29 is 4.98 Å². The second-order valence-corrected chi connectivity index (χ2v) is 5.20. The number of nitrogen functional groups attached to an aromatic ring is 1. The van der Waals surface area contributed by atoms with Crippen LogP contribution >= 0.6 is 0 Å². The fourth-order valence-electron chi connectivity index (χ4n) is 2.49. The molecule has 112 valence electrons. The maximum atomic E-state index is 9.45. The molecule has 2 aromatic rings. The zero-order valence-electron chi connectivity index (χ0n) is 12.9. The third-order valence-corrected chi connectivity index (χ3v) is 3.35. The van der Waals surface area contributed by atoms with E-state index in [4.69, 9.17) is 11.0 Å².